The van der Waals surface area contributed by atoms with Gasteiger partial charge in [-0.2, -0.15) is 0 Å². The number of ether oxygens (including phenoxy) is 1. The minimum atomic E-state index is 0.383. The summed E-state index contributed by atoms with van der Waals surface area (Å²) < 4.78 is 5.35. The van der Waals surface area contributed by atoms with Gasteiger partial charge in [0.25, 0.3) is 0 Å². The van der Waals surface area contributed by atoms with Gasteiger partial charge < -0.3 is 10.1 Å². The maximum atomic E-state index is 5.35. The number of nitrogens with one attached hydrogen (secondary N) is 1. The molecule has 0 heterocycles. The Balaban J connectivity index is 2.32. The van der Waals surface area contributed by atoms with Crippen molar-refractivity contribution >= 4 is 0 Å². The lowest BCUT2D eigenvalue weighted by Crippen LogP contribution is -2.21. The summed E-state index contributed by atoms with van der Waals surface area (Å²) >= 11 is 0. The highest BCUT2D eigenvalue weighted by Crippen LogP contribution is 2.72. The van der Waals surface area contributed by atoms with Gasteiger partial charge in [-0.05, 0) is 47.9 Å². The second-order valence-corrected chi connectivity index (χ2v) is 6.92. The summed E-state index contributed by atoms with van der Waals surface area (Å²) in [5, 5.41) is 3.52. The summed E-state index contributed by atoms with van der Waals surface area (Å²) in [7, 11) is 3.79. The molecule has 1 unspecified atom stereocenters. The van der Waals surface area contributed by atoms with Crippen LogP contribution in [0.5, 0.6) is 5.75 Å². The molecule has 1 aromatic rings. The van der Waals surface area contributed by atoms with Gasteiger partial charge in [-0.1, -0.05) is 39.8 Å². The van der Waals surface area contributed by atoms with Crippen molar-refractivity contribution in [2.24, 2.45) is 16.7 Å². The zero-order valence-electron chi connectivity index (χ0n) is 13.3. The average molecular weight is 261 g/mol. The Morgan fingerprint density at radius 3 is 2.11 bits per heavy atom. The zero-order chi connectivity index (χ0) is 14.4. The molecule has 2 heteroatoms. The highest BCUT2D eigenvalue weighted by atomic mass is 16.5. The van der Waals surface area contributed by atoms with Crippen molar-refractivity contribution in [2.45, 2.75) is 40.7 Å². The van der Waals surface area contributed by atoms with Crippen LogP contribution in [0.3, 0.4) is 0 Å². The monoisotopic (exact) mass is 261 g/mol. The summed E-state index contributed by atoms with van der Waals surface area (Å²) in [6, 6.07) is 6.94. The van der Waals surface area contributed by atoms with E-state index in [-0.39, 0.29) is 0 Å². The molecule has 1 aliphatic rings. The first-order valence-corrected chi connectivity index (χ1v) is 7.09. The van der Waals surface area contributed by atoms with Crippen LogP contribution in [-0.2, 0) is 0 Å². The highest BCUT2D eigenvalue weighted by Gasteiger charge is 2.67. The minimum Gasteiger partial charge on any atom is -0.496 e. The molecule has 2 nitrogen and oxygen atoms in total. The van der Waals surface area contributed by atoms with Crippen molar-refractivity contribution in [1.29, 1.82) is 0 Å². The zero-order valence-corrected chi connectivity index (χ0v) is 13.3. The van der Waals surface area contributed by atoms with E-state index in [1.54, 1.807) is 7.11 Å². The molecule has 0 radical (unpaired) electrons. The van der Waals surface area contributed by atoms with E-state index in [4.69, 9.17) is 4.74 Å². The summed E-state index contributed by atoms with van der Waals surface area (Å²) in [4.78, 5) is 0. The molecule has 0 saturated heterocycles. The first-order valence-electron chi connectivity index (χ1n) is 7.09. The van der Waals surface area contributed by atoms with E-state index in [9.17, 15) is 0 Å². The quantitative estimate of drug-likeness (QED) is 0.886. The highest BCUT2D eigenvalue weighted by molar-refractivity contribution is 5.39. The van der Waals surface area contributed by atoms with Crippen LogP contribution in [0.15, 0.2) is 18.2 Å². The van der Waals surface area contributed by atoms with E-state index in [1.807, 2.05) is 0 Å². The van der Waals surface area contributed by atoms with Crippen LogP contribution in [0.2, 0.25) is 0 Å². The fraction of sp³-hybridized carbons (Fsp3) is 0.647. The van der Waals surface area contributed by atoms with Crippen molar-refractivity contribution in [3.8, 4) is 5.75 Å². The molecule has 0 aliphatic heterocycles. The second-order valence-electron chi connectivity index (χ2n) is 6.92. The first kappa shape index (κ1) is 14.4. The lowest BCUT2D eigenvalue weighted by Gasteiger charge is -2.20. The van der Waals surface area contributed by atoms with Gasteiger partial charge in [-0.3, -0.25) is 0 Å². The molecule has 1 N–H and O–H groups in total. The fourth-order valence-electron chi connectivity index (χ4n) is 3.70. The van der Waals surface area contributed by atoms with Crippen LogP contribution in [-0.4, -0.2) is 14.2 Å². The third-order valence-corrected chi connectivity index (χ3v) is 5.55. The third-order valence-electron chi connectivity index (χ3n) is 5.55. The predicted octanol–water partition coefficient (Wildman–Crippen LogP) is 3.95. The van der Waals surface area contributed by atoms with Crippen LogP contribution in [0, 0.1) is 23.7 Å². The molecule has 1 atom stereocenters. The molecular weight excluding hydrogens is 234 g/mol. The number of rotatable bonds is 4. The Kier molecular flexibility index (Phi) is 3.42. The van der Waals surface area contributed by atoms with Crippen LogP contribution in [0.1, 0.15) is 44.9 Å². The number of aryl methyl sites for hydroxylation is 1. The summed E-state index contributed by atoms with van der Waals surface area (Å²) in [6.07, 6.45) is 0. The molecule has 1 aliphatic carbocycles. The Morgan fingerprint density at radius 2 is 1.74 bits per heavy atom. The van der Waals surface area contributed by atoms with Crippen molar-refractivity contribution < 1.29 is 4.74 Å². The first-order chi connectivity index (χ1) is 8.77. The predicted molar refractivity (Wildman–Crippen MR) is 80.6 cm³/mol. The lowest BCUT2D eigenvalue weighted by molar-refractivity contribution is 0.409. The normalized spacial score (nSPS) is 22.1. The molecule has 1 saturated carbocycles. The molecule has 0 aromatic heterocycles. The molecule has 0 bridgehead atoms. The number of hydrogen-bond donors (Lipinski definition) is 1. The van der Waals surface area contributed by atoms with Gasteiger partial charge >= 0.3 is 0 Å². The largest absolute Gasteiger partial charge is 0.496 e. The molecule has 0 spiro atoms. The molecular formula is C17H27NO. The number of methoxy groups -OCH3 is 1. The lowest BCUT2D eigenvalue weighted by atomic mass is 9.95. The van der Waals surface area contributed by atoms with E-state index in [1.165, 1.54) is 11.1 Å². The SMILES string of the molecule is CNC(c1ccc(OC)c(C)c1)C1C(C)(C)C1(C)C. The Labute approximate surface area is 117 Å². The third kappa shape index (κ3) is 2.06. The van der Waals surface area contributed by atoms with Crippen LogP contribution in [0.4, 0.5) is 0 Å². The van der Waals surface area contributed by atoms with Gasteiger partial charge in [0.2, 0.25) is 0 Å². The minimum absolute atomic E-state index is 0.383. The number of benzene rings is 1. The van der Waals surface area contributed by atoms with E-state index in [0.717, 1.165) is 5.75 Å². The topological polar surface area (TPSA) is 21.3 Å². The molecule has 0 amide bonds. The van der Waals surface area contributed by atoms with E-state index in [0.29, 0.717) is 22.8 Å². The molecule has 19 heavy (non-hydrogen) atoms. The average Bonchev–Trinajstić information content (AvgIpc) is 2.73. The molecule has 1 fully saturated rings. The maximum Gasteiger partial charge on any atom is 0.121 e. The maximum absolute atomic E-state index is 5.35. The van der Waals surface area contributed by atoms with Crippen molar-refractivity contribution in [3.63, 3.8) is 0 Å². The fourth-order valence-corrected chi connectivity index (χ4v) is 3.70. The van der Waals surface area contributed by atoms with Gasteiger partial charge in [0.05, 0.1) is 7.11 Å². The smallest absolute Gasteiger partial charge is 0.121 e. The van der Waals surface area contributed by atoms with Gasteiger partial charge in [-0.25, -0.2) is 0 Å². The van der Waals surface area contributed by atoms with Crippen LogP contribution < -0.4 is 10.1 Å². The molecule has 2 rings (SSSR count). The van der Waals surface area contributed by atoms with Crippen molar-refractivity contribution in [1.82, 2.24) is 5.32 Å². The number of hydrogen-bond acceptors (Lipinski definition) is 2. The van der Waals surface area contributed by atoms with E-state index >= 15 is 0 Å². The summed E-state index contributed by atoms with van der Waals surface area (Å²) in [5.74, 6) is 1.63. The van der Waals surface area contributed by atoms with Gasteiger partial charge in [-0.15, -0.1) is 0 Å². The second kappa shape index (κ2) is 4.52. The van der Waals surface area contributed by atoms with Crippen molar-refractivity contribution in [3.05, 3.63) is 29.3 Å². The Bertz CT molecular complexity index is 462. The van der Waals surface area contributed by atoms with E-state index < -0.39 is 0 Å². The van der Waals surface area contributed by atoms with Crippen molar-refractivity contribution in [2.75, 3.05) is 14.2 Å². The molecule has 106 valence electrons. The standard InChI is InChI=1S/C17H27NO/c1-11-10-12(8-9-13(11)19-7)14(18-6)15-16(2,3)17(15,4)5/h8-10,14-15,18H,1-7H3. The van der Waals surface area contributed by atoms with Gasteiger partial charge in [0, 0.05) is 6.04 Å². The van der Waals surface area contributed by atoms with Crippen LogP contribution in [0.25, 0.3) is 0 Å². The molecule has 1 aromatic carbocycles. The van der Waals surface area contributed by atoms with Gasteiger partial charge in [0.1, 0.15) is 5.75 Å². The summed E-state index contributed by atoms with van der Waals surface area (Å²) in [5.41, 5.74) is 3.34. The van der Waals surface area contributed by atoms with E-state index in [2.05, 4.69) is 65.2 Å². The van der Waals surface area contributed by atoms with Crippen LogP contribution >= 0.6 is 0 Å². The van der Waals surface area contributed by atoms with Gasteiger partial charge in [0.15, 0.2) is 0 Å². The Morgan fingerprint density at radius 1 is 1.16 bits per heavy atom. The Hall–Kier alpha value is -1.02. The summed E-state index contributed by atoms with van der Waals surface area (Å²) in [6.45, 7) is 11.6.